The van der Waals surface area contributed by atoms with E-state index in [4.69, 9.17) is 0 Å². The van der Waals surface area contributed by atoms with Gasteiger partial charge in [0.1, 0.15) is 0 Å². The van der Waals surface area contributed by atoms with Crippen LogP contribution in [0.2, 0.25) is 0 Å². The van der Waals surface area contributed by atoms with Gasteiger partial charge in [-0.15, -0.1) is 0 Å². The summed E-state index contributed by atoms with van der Waals surface area (Å²) in [6.07, 6.45) is 1.83. The van der Waals surface area contributed by atoms with E-state index in [1.807, 2.05) is 12.3 Å². The van der Waals surface area contributed by atoms with Crippen LogP contribution in [-0.2, 0) is 0 Å². The average molecular weight is 200 g/mol. The van der Waals surface area contributed by atoms with Gasteiger partial charge in [0.05, 0.1) is 5.52 Å². The minimum atomic E-state index is 0.506. The lowest BCUT2D eigenvalue weighted by Gasteiger charge is -2.23. The van der Waals surface area contributed by atoms with Crippen LogP contribution in [-0.4, -0.2) is 18.1 Å². The van der Waals surface area contributed by atoms with Gasteiger partial charge in [0, 0.05) is 30.4 Å². The van der Waals surface area contributed by atoms with Crippen molar-refractivity contribution in [1.82, 2.24) is 4.98 Å². The number of fused-ring (bicyclic) bond motifs is 1. The first-order valence-electron chi connectivity index (χ1n) is 5.26. The van der Waals surface area contributed by atoms with Crippen molar-refractivity contribution in [3.63, 3.8) is 0 Å². The van der Waals surface area contributed by atoms with Crippen LogP contribution in [0.4, 0.5) is 5.69 Å². The number of rotatable bonds is 2. The molecule has 0 N–H and O–H groups in total. The monoisotopic (exact) mass is 200 g/mol. The van der Waals surface area contributed by atoms with E-state index in [9.17, 15) is 0 Å². The van der Waals surface area contributed by atoms with Crippen molar-refractivity contribution in [2.24, 2.45) is 0 Å². The average Bonchev–Trinajstić information content (AvgIpc) is 2.27. The lowest BCUT2D eigenvalue weighted by molar-refractivity contribution is 0.755. The molecule has 0 spiro atoms. The minimum absolute atomic E-state index is 0.506. The summed E-state index contributed by atoms with van der Waals surface area (Å²) in [6.45, 7) is 4.37. The SMILES string of the molecule is CC(C)N(C)c1ccc2cccnc2c1. The summed E-state index contributed by atoms with van der Waals surface area (Å²) in [5.74, 6) is 0. The molecule has 0 saturated carbocycles. The highest BCUT2D eigenvalue weighted by molar-refractivity contribution is 5.82. The van der Waals surface area contributed by atoms with E-state index in [2.05, 4.69) is 55.0 Å². The molecule has 0 fully saturated rings. The predicted octanol–water partition coefficient (Wildman–Crippen LogP) is 3.08. The van der Waals surface area contributed by atoms with Crippen molar-refractivity contribution in [2.45, 2.75) is 19.9 Å². The van der Waals surface area contributed by atoms with Gasteiger partial charge in [-0.3, -0.25) is 4.98 Å². The van der Waals surface area contributed by atoms with E-state index in [1.54, 1.807) is 0 Å². The highest BCUT2D eigenvalue weighted by atomic mass is 15.1. The molecular formula is C13H16N2. The van der Waals surface area contributed by atoms with E-state index < -0.39 is 0 Å². The van der Waals surface area contributed by atoms with Crippen molar-refractivity contribution >= 4 is 16.6 Å². The van der Waals surface area contributed by atoms with Crippen LogP contribution < -0.4 is 4.90 Å². The lowest BCUT2D eigenvalue weighted by atomic mass is 10.2. The van der Waals surface area contributed by atoms with Crippen LogP contribution in [0, 0.1) is 0 Å². The number of benzene rings is 1. The molecule has 1 heterocycles. The topological polar surface area (TPSA) is 16.1 Å². The van der Waals surface area contributed by atoms with Gasteiger partial charge < -0.3 is 4.90 Å². The standard InChI is InChI=1S/C13H16N2/c1-10(2)15(3)12-7-6-11-5-4-8-14-13(11)9-12/h4-10H,1-3H3. The number of anilines is 1. The van der Waals surface area contributed by atoms with E-state index >= 15 is 0 Å². The Hall–Kier alpha value is -1.57. The van der Waals surface area contributed by atoms with Gasteiger partial charge >= 0.3 is 0 Å². The summed E-state index contributed by atoms with van der Waals surface area (Å²) in [4.78, 5) is 6.60. The van der Waals surface area contributed by atoms with E-state index in [0.717, 1.165) is 5.52 Å². The third-order valence-electron chi connectivity index (χ3n) is 2.77. The molecule has 0 unspecified atom stereocenters. The van der Waals surface area contributed by atoms with E-state index in [1.165, 1.54) is 11.1 Å². The summed E-state index contributed by atoms with van der Waals surface area (Å²) in [5, 5.41) is 1.19. The number of pyridine rings is 1. The highest BCUT2D eigenvalue weighted by Gasteiger charge is 2.05. The van der Waals surface area contributed by atoms with Crippen LogP contribution in [0.25, 0.3) is 10.9 Å². The maximum absolute atomic E-state index is 4.36. The third-order valence-corrected chi connectivity index (χ3v) is 2.77. The molecule has 0 radical (unpaired) electrons. The number of aromatic nitrogens is 1. The van der Waals surface area contributed by atoms with E-state index in [0.29, 0.717) is 6.04 Å². The molecule has 0 aliphatic rings. The zero-order valence-corrected chi connectivity index (χ0v) is 9.44. The summed E-state index contributed by atoms with van der Waals surface area (Å²) in [6, 6.07) is 11.0. The Morgan fingerprint density at radius 1 is 1.20 bits per heavy atom. The maximum atomic E-state index is 4.36. The van der Waals surface area contributed by atoms with Gasteiger partial charge in [-0.2, -0.15) is 0 Å². The van der Waals surface area contributed by atoms with Gasteiger partial charge in [0.25, 0.3) is 0 Å². The normalized spacial score (nSPS) is 10.9. The first-order valence-corrected chi connectivity index (χ1v) is 5.26. The summed E-state index contributed by atoms with van der Waals surface area (Å²) in [5.41, 5.74) is 2.28. The second-order valence-corrected chi connectivity index (χ2v) is 4.09. The number of hydrogen-bond acceptors (Lipinski definition) is 2. The molecule has 0 aliphatic carbocycles. The Morgan fingerprint density at radius 2 is 2.00 bits per heavy atom. The first-order chi connectivity index (χ1) is 7.18. The minimum Gasteiger partial charge on any atom is -0.372 e. The molecule has 0 aliphatic heterocycles. The Labute approximate surface area is 90.6 Å². The Bertz CT molecular complexity index is 463. The molecule has 2 heteroatoms. The lowest BCUT2D eigenvalue weighted by Crippen LogP contribution is -2.25. The van der Waals surface area contributed by atoms with E-state index in [-0.39, 0.29) is 0 Å². The molecule has 78 valence electrons. The molecule has 0 saturated heterocycles. The second kappa shape index (κ2) is 3.89. The first kappa shape index (κ1) is 9.97. The Kier molecular flexibility index (Phi) is 2.58. The zero-order valence-electron chi connectivity index (χ0n) is 9.44. The molecule has 1 aromatic heterocycles. The molecule has 1 aromatic carbocycles. The fourth-order valence-electron chi connectivity index (χ4n) is 1.57. The van der Waals surface area contributed by atoms with Gasteiger partial charge in [-0.1, -0.05) is 12.1 Å². The molecule has 2 aromatic rings. The van der Waals surface area contributed by atoms with Crippen LogP contribution in [0.5, 0.6) is 0 Å². The van der Waals surface area contributed by atoms with Crippen LogP contribution >= 0.6 is 0 Å². The summed E-state index contributed by atoms with van der Waals surface area (Å²) in [7, 11) is 2.11. The van der Waals surface area contributed by atoms with Gasteiger partial charge in [0.15, 0.2) is 0 Å². The van der Waals surface area contributed by atoms with Crippen LogP contribution in [0.1, 0.15) is 13.8 Å². The van der Waals surface area contributed by atoms with Crippen molar-refractivity contribution in [3.8, 4) is 0 Å². The Morgan fingerprint density at radius 3 is 2.73 bits per heavy atom. The smallest absolute Gasteiger partial charge is 0.0722 e. The molecular weight excluding hydrogens is 184 g/mol. The van der Waals surface area contributed by atoms with Crippen molar-refractivity contribution in [3.05, 3.63) is 36.5 Å². The van der Waals surface area contributed by atoms with Crippen molar-refractivity contribution in [2.75, 3.05) is 11.9 Å². The molecule has 0 atom stereocenters. The highest BCUT2D eigenvalue weighted by Crippen LogP contribution is 2.20. The van der Waals surface area contributed by atoms with Crippen LogP contribution in [0.15, 0.2) is 36.5 Å². The zero-order chi connectivity index (χ0) is 10.8. The molecule has 0 amide bonds. The predicted molar refractivity (Wildman–Crippen MR) is 65.3 cm³/mol. The fraction of sp³-hybridized carbons (Fsp3) is 0.308. The second-order valence-electron chi connectivity index (χ2n) is 4.09. The molecule has 2 nitrogen and oxygen atoms in total. The van der Waals surface area contributed by atoms with Crippen molar-refractivity contribution in [1.29, 1.82) is 0 Å². The quantitative estimate of drug-likeness (QED) is 0.740. The Balaban J connectivity index is 2.47. The fourth-order valence-corrected chi connectivity index (χ4v) is 1.57. The largest absolute Gasteiger partial charge is 0.372 e. The molecule has 15 heavy (non-hydrogen) atoms. The number of nitrogens with zero attached hydrogens (tertiary/aromatic N) is 2. The van der Waals surface area contributed by atoms with Gasteiger partial charge in [-0.05, 0) is 32.0 Å². The summed E-state index contributed by atoms with van der Waals surface area (Å²) >= 11 is 0. The summed E-state index contributed by atoms with van der Waals surface area (Å²) < 4.78 is 0. The van der Waals surface area contributed by atoms with Gasteiger partial charge in [0.2, 0.25) is 0 Å². The van der Waals surface area contributed by atoms with Gasteiger partial charge in [-0.25, -0.2) is 0 Å². The number of hydrogen-bond donors (Lipinski definition) is 0. The molecule has 0 bridgehead atoms. The molecule has 2 rings (SSSR count). The van der Waals surface area contributed by atoms with Crippen molar-refractivity contribution < 1.29 is 0 Å². The van der Waals surface area contributed by atoms with Crippen LogP contribution in [0.3, 0.4) is 0 Å². The maximum Gasteiger partial charge on any atom is 0.0722 e. The third kappa shape index (κ3) is 1.94.